The number of nitrogens with one attached hydrogen (secondary N) is 1. The third kappa shape index (κ3) is 4.59. The Morgan fingerprint density at radius 1 is 1.29 bits per heavy atom. The van der Waals surface area contributed by atoms with Gasteiger partial charge < -0.3 is 20.1 Å². The molecule has 2 fully saturated rings. The molecule has 6 nitrogen and oxygen atoms in total. The minimum absolute atomic E-state index is 0.0540. The predicted octanol–water partition coefficient (Wildman–Crippen LogP) is 1.84. The van der Waals surface area contributed by atoms with Gasteiger partial charge in [-0.25, -0.2) is 4.79 Å². The van der Waals surface area contributed by atoms with Gasteiger partial charge in [-0.1, -0.05) is 19.8 Å². The van der Waals surface area contributed by atoms with E-state index in [1.165, 1.54) is 4.90 Å². The minimum Gasteiger partial charge on any atom is -0.480 e. The summed E-state index contributed by atoms with van der Waals surface area (Å²) in [5.74, 6) is -0.950. The Balaban J connectivity index is 1.89. The number of carbonyl (C=O) groups excluding carboxylic acids is 1. The van der Waals surface area contributed by atoms with Crippen molar-refractivity contribution in [2.45, 2.75) is 51.5 Å². The van der Waals surface area contributed by atoms with Gasteiger partial charge in [0, 0.05) is 25.8 Å². The molecule has 6 heteroatoms. The van der Waals surface area contributed by atoms with Crippen molar-refractivity contribution in [1.29, 1.82) is 0 Å². The lowest BCUT2D eigenvalue weighted by Crippen LogP contribution is -2.50. The van der Waals surface area contributed by atoms with Gasteiger partial charge >= 0.3 is 12.0 Å². The van der Waals surface area contributed by atoms with Crippen LogP contribution in [0.4, 0.5) is 4.79 Å². The number of urea groups is 1. The van der Waals surface area contributed by atoms with E-state index in [-0.39, 0.29) is 24.0 Å². The first kappa shape index (κ1) is 16.1. The molecule has 120 valence electrons. The SMILES string of the molecule is CC1(CNC(=O)N(CC(=O)O)C2CCCC2)CCOCC1. The maximum atomic E-state index is 12.4. The number of aliphatic carboxylic acids is 1. The van der Waals surface area contributed by atoms with Crippen LogP contribution < -0.4 is 5.32 Å². The number of hydrogen-bond donors (Lipinski definition) is 2. The molecule has 0 spiro atoms. The van der Waals surface area contributed by atoms with Crippen molar-refractivity contribution < 1.29 is 19.4 Å². The molecule has 1 saturated carbocycles. The van der Waals surface area contributed by atoms with Crippen LogP contribution in [0.25, 0.3) is 0 Å². The van der Waals surface area contributed by atoms with Gasteiger partial charge in [0.05, 0.1) is 0 Å². The molecule has 2 rings (SSSR count). The second-order valence-corrected chi connectivity index (χ2v) is 6.54. The first-order valence-corrected chi connectivity index (χ1v) is 7.84. The van der Waals surface area contributed by atoms with E-state index in [0.717, 1.165) is 51.7 Å². The predicted molar refractivity (Wildman–Crippen MR) is 78.2 cm³/mol. The fraction of sp³-hybridized carbons (Fsp3) is 0.867. The van der Waals surface area contributed by atoms with Crippen LogP contribution in [0.5, 0.6) is 0 Å². The van der Waals surface area contributed by atoms with Crippen molar-refractivity contribution in [3.63, 3.8) is 0 Å². The lowest BCUT2D eigenvalue weighted by atomic mass is 9.82. The third-order valence-electron chi connectivity index (χ3n) is 4.70. The molecule has 2 amide bonds. The van der Waals surface area contributed by atoms with E-state index in [9.17, 15) is 9.59 Å². The summed E-state index contributed by atoms with van der Waals surface area (Å²) in [5.41, 5.74) is 0.0540. The van der Waals surface area contributed by atoms with Crippen LogP contribution in [0.15, 0.2) is 0 Å². The number of carbonyl (C=O) groups is 2. The Morgan fingerprint density at radius 2 is 1.90 bits per heavy atom. The quantitative estimate of drug-likeness (QED) is 0.812. The van der Waals surface area contributed by atoms with E-state index < -0.39 is 5.97 Å². The zero-order valence-corrected chi connectivity index (χ0v) is 12.8. The summed E-state index contributed by atoms with van der Waals surface area (Å²) in [6, 6.07) is -0.166. The van der Waals surface area contributed by atoms with Crippen molar-refractivity contribution in [1.82, 2.24) is 10.2 Å². The second kappa shape index (κ2) is 7.11. The number of hydrogen-bond acceptors (Lipinski definition) is 3. The van der Waals surface area contributed by atoms with Crippen LogP contribution in [0.2, 0.25) is 0 Å². The molecule has 0 aromatic rings. The van der Waals surface area contributed by atoms with Crippen molar-refractivity contribution in [3.05, 3.63) is 0 Å². The number of amides is 2. The Labute approximate surface area is 125 Å². The Hall–Kier alpha value is -1.30. The van der Waals surface area contributed by atoms with E-state index in [0.29, 0.717) is 6.54 Å². The van der Waals surface area contributed by atoms with Gasteiger partial charge in [0.25, 0.3) is 0 Å². The van der Waals surface area contributed by atoms with Crippen molar-refractivity contribution in [3.8, 4) is 0 Å². The fourth-order valence-corrected chi connectivity index (χ4v) is 3.16. The van der Waals surface area contributed by atoms with Crippen molar-refractivity contribution >= 4 is 12.0 Å². The highest BCUT2D eigenvalue weighted by molar-refractivity contribution is 5.80. The monoisotopic (exact) mass is 298 g/mol. The zero-order chi connectivity index (χ0) is 15.3. The van der Waals surface area contributed by atoms with Gasteiger partial charge in [0.15, 0.2) is 0 Å². The number of carboxylic acid groups (broad SMARTS) is 1. The molecule has 0 aromatic heterocycles. The van der Waals surface area contributed by atoms with Crippen LogP contribution in [0.3, 0.4) is 0 Å². The summed E-state index contributed by atoms with van der Waals surface area (Å²) in [6.07, 6.45) is 5.81. The number of carboxylic acids is 1. The molecule has 2 N–H and O–H groups in total. The van der Waals surface area contributed by atoms with Crippen LogP contribution in [0, 0.1) is 5.41 Å². The lowest BCUT2D eigenvalue weighted by molar-refractivity contribution is -0.138. The van der Waals surface area contributed by atoms with Crippen LogP contribution in [-0.2, 0) is 9.53 Å². The van der Waals surface area contributed by atoms with E-state index in [4.69, 9.17) is 9.84 Å². The fourth-order valence-electron chi connectivity index (χ4n) is 3.16. The summed E-state index contributed by atoms with van der Waals surface area (Å²) in [6.45, 7) is 3.98. The third-order valence-corrected chi connectivity index (χ3v) is 4.70. The highest BCUT2D eigenvalue weighted by atomic mass is 16.5. The molecule has 0 unspecified atom stereocenters. The molecule has 0 bridgehead atoms. The van der Waals surface area contributed by atoms with Crippen LogP contribution >= 0.6 is 0 Å². The number of rotatable bonds is 5. The summed E-state index contributed by atoms with van der Waals surface area (Å²) < 4.78 is 5.35. The van der Waals surface area contributed by atoms with E-state index in [2.05, 4.69) is 12.2 Å². The van der Waals surface area contributed by atoms with Crippen LogP contribution in [-0.4, -0.2) is 54.4 Å². The number of ether oxygens (including phenoxy) is 1. The molecular weight excluding hydrogens is 272 g/mol. The summed E-state index contributed by atoms with van der Waals surface area (Å²) in [5, 5.41) is 12.0. The molecule has 2 aliphatic rings. The normalized spacial score (nSPS) is 22.0. The van der Waals surface area contributed by atoms with Gasteiger partial charge in [-0.3, -0.25) is 4.79 Å². The lowest BCUT2D eigenvalue weighted by Gasteiger charge is -2.35. The van der Waals surface area contributed by atoms with Gasteiger partial charge in [0.2, 0.25) is 0 Å². The molecule has 0 aromatic carbocycles. The first-order chi connectivity index (χ1) is 10.0. The number of nitrogens with zero attached hydrogens (tertiary/aromatic N) is 1. The first-order valence-electron chi connectivity index (χ1n) is 7.84. The Kier molecular flexibility index (Phi) is 5.45. The molecule has 0 atom stereocenters. The molecule has 21 heavy (non-hydrogen) atoms. The van der Waals surface area contributed by atoms with E-state index in [1.807, 2.05) is 0 Å². The molecule has 1 saturated heterocycles. The summed E-state index contributed by atoms with van der Waals surface area (Å²) >= 11 is 0. The van der Waals surface area contributed by atoms with Crippen molar-refractivity contribution in [2.75, 3.05) is 26.3 Å². The molecule has 1 aliphatic heterocycles. The average Bonchev–Trinajstić information content (AvgIpc) is 2.97. The smallest absolute Gasteiger partial charge is 0.323 e. The van der Waals surface area contributed by atoms with E-state index in [1.54, 1.807) is 0 Å². The molecule has 0 radical (unpaired) electrons. The Bertz CT molecular complexity index is 374. The summed E-state index contributed by atoms with van der Waals surface area (Å²) in [4.78, 5) is 24.9. The topological polar surface area (TPSA) is 78.9 Å². The second-order valence-electron chi connectivity index (χ2n) is 6.54. The molecular formula is C15H26N2O4. The van der Waals surface area contributed by atoms with Gasteiger partial charge in [-0.15, -0.1) is 0 Å². The average molecular weight is 298 g/mol. The standard InChI is InChI=1S/C15H26N2O4/c1-15(6-8-21-9-7-15)11-16-14(20)17(10-13(18)19)12-4-2-3-5-12/h12H,2-11H2,1H3,(H,16,20)(H,18,19). The van der Waals surface area contributed by atoms with Crippen molar-refractivity contribution in [2.24, 2.45) is 5.41 Å². The molecule has 1 aliphatic carbocycles. The zero-order valence-electron chi connectivity index (χ0n) is 12.8. The van der Waals surface area contributed by atoms with Gasteiger partial charge in [-0.2, -0.15) is 0 Å². The highest BCUT2D eigenvalue weighted by Gasteiger charge is 2.31. The maximum absolute atomic E-state index is 12.4. The van der Waals surface area contributed by atoms with E-state index >= 15 is 0 Å². The Morgan fingerprint density at radius 3 is 2.48 bits per heavy atom. The molecule has 1 heterocycles. The van der Waals surface area contributed by atoms with Gasteiger partial charge in [0.1, 0.15) is 6.54 Å². The van der Waals surface area contributed by atoms with Crippen LogP contribution in [0.1, 0.15) is 45.4 Å². The minimum atomic E-state index is -0.950. The van der Waals surface area contributed by atoms with Gasteiger partial charge in [-0.05, 0) is 31.1 Å². The summed E-state index contributed by atoms with van der Waals surface area (Å²) in [7, 11) is 0. The largest absolute Gasteiger partial charge is 0.480 e. The maximum Gasteiger partial charge on any atom is 0.323 e. The highest BCUT2D eigenvalue weighted by Crippen LogP contribution is 2.29.